The number of carbonyl (C=O) groups is 3. The van der Waals surface area contributed by atoms with Crippen molar-refractivity contribution in [3.05, 3.63) is 46.0 Å². The first-order chi connectivity index (χ1) is 12.0. The number of carbonyl (C=O) groups excluding carboxylic acids is 3. The lowest BCUT2D eigenvalue weighted by Crippen LogP contribution is -2.62. The number of ether oxygens (including phenoxy) is 2. The highest BCUT2D eigenvalue weighted by Gasteiger charge is 2.56. The Morgan fingerprint density at radius 3 is 2.19 bits per heavy atom. The lowest BCUT2D eigenvalue weighted by Gasteiger charge is -2.24. The van der Waals surface area contributed by atoms with E-state index in [-0.39, 0.29) is 6.61 Å². The molecule has 9 heteroatoms. The fourth-order valence-electron chi connectivity index (χ4n) is 1.86. The third kappa shape index (κ3) is 5.92. The van der Waals surface area contributed by atoms with Crippen LogP contribution in [0.1, 0.15) is 39.2 Å². The van der Waals surface area contributed by atoms with Crippen LogP contribution in [0.2, 0.25) is 0 Å². The quantitative estimate of drug-likeness (QED) is 0.239. The molecule has 0 fully saturated rings. The lowest BCUT2D eigenvalue weighted by molar-refractivity contribution is -0.538. The van der Waals surface area contributed by atoms with Crippen molar-refractivity contribution in [2.45, 2.75) is 51.5 Å². The van der Waals surface area contributed by atoms with Crippen molar-refractivity contribution in [2.75, 3.05) is 0 Å². The number of nitro groups is 1. The highest BCUT2D eigenvalue weighted by molar-refractivity contribution is 6.06. The molecule has 0 aliphatic rings. The standard InChI is InChI=1S/C17H22N2O7/c1-16(2,3)26-15(22)17(18,19(23)24)13(20)9-10-14(21)25-11-12-7-5-4-6-8-12/h4-8H,9-11,18H2,1-3H3/t17-/m0/s1. The maximum absolute atomic E-state index is 12.1. The van der Waals surface area contributed by atoms with Crippen LogP contribution < -0.4 is 5.73 Å². The van der Waals surface area contributed by atoms with Crippen LogP contribution in [0.4, 0.5) is 0 Å². The molecule has 0 radical (unpaired) electrons. The number of hydrogen-bond donors (Lipinski definition) is 1. The smallest absolute Gasteiger partial charge is 0.426 e. The molecule has 26 heavy (non-hydrogen) atoms. The molecule has 1 aromatic rings. The number of Topliss-reactive ketones (excluding diaryl/α,β-unsaturated/α-hetero) is 1. The summed E-state index contributed by atoms with van der Waals surface area (Å²) >= 11 is 0. The topological polar surface area (TPSA) is 139 Å². The van der Waals surface area contributed by atoms with E-state index in [2.05, 4.69) is 0 Å². The SMILES string of the molecule is CC(C)(C)OC(=O)[C@](N)(C(=O)CCC(=O)OCc1ccccc1)[N+](=O)[O-]. The maximum atomic E-state index is 12.1. The normalized spacial score (nSPS) is 13.4. The largest absolute Gasteiger partial charge is 0.461 e. The molecular weight excluding hydrogens is 344 g/mol. The zero-order chi connectivity index (χ0) is 20.0. The predicted octanol–water partition coefficient (Wildman–Crippen LogP) is 1.35. The second kappa shape index (κ2) is 8.52. The molecule has 0 saturated heterocycles. The predicted molar refractivity (Wildman–Crippen MR) is 90.2 cm³/mol. The van der Waals surface area contributed by atoms with Gasteiger partial charge in [0.15, 0.2) is 0 Å². The van der Waals surface area contributed by atoms with Crippen LogP contribution in [0.3, 0.4) is 0 Å². The molecule has 1 rings (SSSR count). The number of benzene rings is 1. The summed E-state index contributed by atoms with van der Waals surface area (Å²) in [5.41, 5.74) is 2.04. The summed E-state index contributed by atoms with van der Waals surface area (Å²) in [4.78, 5) is 45.8. The fourth-order valence-corrected chi connectivity index (χ4v) is 1.86. The van der Waals surface area contributed by atoms with Crippen LogP contribution in [0, 0.1) is 10.1 Å². The van der Waals surface area contributed by atoms with Gasteiger partial charge >= 0.3 is 17.6 Å². The highest BCUT2D eigenvalue weighted by Crippen LogP contribution is 2.17. The number of nitrogens with two attached hydrogens (primary N) is 1. The molecule has 0 spiro atoms. The molecule has 0 unspecified atom stereocenters. The molecule has 0 heterocycles. The summed E-state index contributed by atoms with van der Waals surface area (Å²) in [6, 6.07) is 8.84. The Bertz CT molecular complexity index is 682. The molecule has 1 aromatic carbocycles. The van der Waals surface area contributed by atoms with E-state index in [1.807, 2.05) is 0 Å². The summed E-state index contributed by atoms with van der Waals surface area (Å²) in [6.07, 6.45) is -1.06. The molecule has 0 bridgehead atoms. The van der Waals surface area contributed by atoms with Crippen molar-refractivity contribution in [1.29, 1.82) is 0 Å². The van der Waals surface area contributed by atoms with Crippen molar-refractivity contribution in [1.82, 2.24) is 0 Å². The van der Waals surface area contributed by atoms with Crippen molar-refractivity contribution in [2.24, 2.45) is 5.73 Å². The monoisotopic (exact) mass is 366 g/mol. The zero-order valence-electron chi connectivity index (χ0n) is 14.9. The van der Waals surface area contributed by atoms with E-state index in [1.54, 1.807) is 30.3 Å². The Kier molecular flexibility index (Phi) is 6.96. The first-order valence-corrected chi connectivity index (χ1v) is 7.86. The Balaban J connectivity index is 2.65. The molecule has 2 N–H and O–H groups in total. The van der Waals surface area contributed by atoms with Gasteiger partial charge in [0.2, 0.25) is 5.78 Å². The Hall–Kier alpha value is -2.81. The van der Waals surface area contributed by atoms with Crippen molar-refractivity contribution >= 4 is 17.7 Å². The van der Waals surface area contributed by atoms with Gasteiger partial charge < -0.3 is 9.47 Å². The minimum absolute atomic E-state index is 0.00291. The van der Waals surface area contributed by atoms with E-state index in [0.29, 0.717) is 0 Å². The van der Waals surface area contributed by atoms with Gasteiger partial charge in [0.25, 0.3) is 0 Å². The third-order valence-electron chi connectivity index (χ3n) is 3.22. The van der Waals surface area contributed by atoms with Gasteiger partial charge in [0.05, 0.1) is 11.3 Å². The molecule has 142 valence electrons. The second-order valence-corrected chi connectivity index (χ2v) is 6.59. The molecular formula is C17H22N2O7. The number of hydrogen-bond acceptors (Lipinski definition) is 8. The van der Waals surface area contributed by atoms with E-state index >= 15 is 0 Å². The van der Waals surface area contributed by atoms with Gasteiger partial charge in [-0.25, -0.2) is 10.5 Å². The zero-order valence-corrected chi connectivity index (χ0v) is 14.9. The van der Waals surface area contributed by atoms with Crippen molar-refractivity contribution < 1.29 is 28.8 Å². The second-order valence-electron chi connectivity index (χ2n) is 6.59. The molecule has 0 aliphatic carbocycles. The first kappa shape index (κ1) is 21.2. The molecule has 0 saturated carbocycles. The van der Waals surface area contributed by atoms with Gasteiger partial charge in [0.1, 0.15) is 12.2 Å². The average molecular weight is 366 g/mol. The minimum atomic E-state index is -3.06. The maximum Gasteiger partial charge on any atom is 0.426 e. The van der Waals surface area contributed by atoms with E-state index in [4.69, 9.17) is 15.2 Å². The van der Waals surface area contributed by atoms with E-state index in [9.17, 15) is 24.5 Å². The highest BCUT2D eigenvalue weighted by atomic mass is 16.6. The summed E-state index contributed by atoms with van der Waals surface area (Å²) in [7, 11) is 0. The van der Waals surface area contributed by atoms with Gasteiger partial charge in [-0.1, -0.05) is 30.3 Å². The fraction of sp³-hybridized carbons (Fsp3) is 0.471. The van der Waals surface area contributed by atoms with Crippen molar-refractivity contribution in [3.63, 3.8) is 0 Å². The average Bonchev–Trinajstić information content (AvgIpc) is 2.56. The number of rotatable bonds is 8. The first-order valence-electron chi connectivity index (χ1n) is 7.86. The Morgan fingerprint density at radius 2 is 1.69 bits per heavy atom. The molecule has 0 aromatic heterocycles. The van der Waals surface area contributed by atoms with Crippen LogP contribution in [0.5, 0.6) is 0 Å². The third-order valence-corrected chi connectivity index (χ3v) is 3.22. The number of nitrogens with zero attached hydrogens (tertiary/aromatic N) is 1. The Morgan fingerprint density at radius 1 is 1.12 bits per heavy atom. The van der Waals surface area contributed by atoms with Gasteiger partial charge in [-0.05, 0) is 26.3 Å². The summed E-state index contributed by atoms with van der Waals surface area (Å²) < 4.78 is 9.83. The van der Waals surface area contributed by atoms with Gasteiger partial charge in [-0.3, -0.25) is 19.7 Å². The van der Waals surface area contributed by atoms with Crippen LogP contribution in [0.15, 0.2) is 30.3 Å². The molecule has 1 atom stereocenters. The van der Waals surface area contributed by atoms with E-state index in [0.717, 1.165) is 5.56 Å². The van der Waals surface area contributed by atoms with Crippen LogP contribution in [0.25, 0.3) is 0 Å². The molecule has 9 nitrogen and oxygen atoms in total. The summed E-state index contributed by atoms with van der Waals surface area (Å²) in [5.74, 6) is -3.44. The van der Waals surface area contributed by atoms with Crippen LogP contribution >= 0.6 is 0 Å². The van der Waals surface area contributed by atoms with Gasteiger partial charge in [-0.2, -0.15) is 0 Å². The number of esters is 2. The molecule has 0 aliphatic heterocycles. The van der Waals surface area contributed by atoms with E-state index in [1.165, 1.54) is 20.8 Å². The van der Waals surface area contributed by atoms with Crippen LogP contribution in [-0.2, 0) is 30.5 Å². The summed E-state index contributed by atoms with van der Waals surface area (Å²) in [6.45, 7) is 4.45. The number of ketones is 1. The van der Waals surface area contributed by atoms with Gasteiger partial charge in [0, 0.05) is 6.42 Å². The summed E-state index contributed by atoms with van der Waals surface area (Å²) in [5, 5.41) is 11.2. The lowest BCUT2D eigenvalue weighted by atomic mass is 10.0. The molecule has 0 amide bonds. The van der Waals surface area contributed by atoms with Crippen molar-refractivity contribution in [3.8, 4) is 0 Å². The van der Waals surface area contributed by atoms with Crippen LogP contribution in [-0.4, -0.2) is 33.9 Å². The minimum Gasteiger partial charge on any atom is -0.461 e. The van der Waals surface area contributed by atoms with E-state index < -0.39 is 46.8 Å². The van der Waals surface area contributed by atoms with Gasteiger partial charge in [-0.15, -0.1) is 0 Å². The Labute approximate surface area is 150 Å².